The summed E-state index contributed by atoms with van der Waals surface area (Å²) in [5, 5.41) is 19.4. The molecule has 0 unspecified atom stereocenters. The molecule has 2 aromatic rings. The Kier molecular flexibility index (Phi) is 5.61. The predicted octanol–water partition coefficient (Wildman–Crippen LogP) is 3.25. The van der Waals surface area contributed by atoms with Crippen molar-refractivity contribution in [2.45, 2.75) is 20.9 Å². The molecule has 0 saturated heterocycles. The van der Waals surface area contributed by atoms with Gasteiger partial charge in [0.25, 0.3) is 0 Å². The van der Waals surface area contributed by atoms with Crippen molar-refractivity contribution in [1.29, 1.82) is 5.26 Å². The first-order chi connectivity index (χ1) is 10.1. The van der Waals surface area contributed by atoms with E-state index < -0.39 is 0 Å². The molecule has 1 aromatic carbocycles. The highest BCUT2D eigenvalue weighted by Crippen LogP contribution is 2.30. The van der Waals surface area contributed by atoms with Crippen LogP contribution >= 0.6 is 34.9 Å². The maximum Gasteiger partial charge on any atom is 0.237 e. The highest BCUT2D eigenvalue weighted by molar-refractivity contribution is 8.03. The first-order valence-electron chi connectivity index (χ1n) is 5.97. The molecular weight excluding hydrogens is 324 g/mol. The van der Waals surface area contributed by atoms with Gasteiger partial charge in [0, 0.05) is 5.69 Å². The lowest BCUT2D eigenvalue weighted by atomic mass is 10.2. The van der Waals surface area contributed by atoms with E-state index in [1.807, 2.05) is 19.2 Å². The molecule has 0 spiro atoms. The number of hydrogen-bond donors (Lipinski definition) is 1. The van der Waals surface area contributed by atoms with Crippen LogP contribution in [0.15, 0.2) is 32.9 Å². The van der Waals surface area contributed by atoms with E-state index in [2.05, 4.69) is 15.5 Å². The largest absolute Gasteiger partial charge is 0.325 e. The van der Waals surface area contributed by atoms with Crippen LogP contribution in [0.5, 0.6) is 0 Å². The zero-order valence-corrected chi connectivity index (χ0v) is 13.8. The molecule has 0 aliphatic rings. The molecule has 0 aliphatic carbocycles. The second-order valence-electron chi connectivity index (χ2n) is 3.98. The highest BCUT2D eigenvalue weighted by atomic mass is 32.2. The van der Waals surface area contributed by atoms with Gasteiger partial charge >= 0.3 is 0 Å². The molecule has 1 N–H and O–H groups in total. The van der Waals surface area contributed by atoms with Gasteiger partial charge in [0.1, 0.15) is 0 Å². The van der Waals surface area contributed by atoms with Gasteiger partial charge in [0.2, 0.25) is 5.91 Å². The molecule has 1 atom stereocenters. The number of nitriles is 1. The van der Waals surface area contributed by atoms with E-state index in [-0.39, 0.29) is 11.2 Å². The van der Waals surface area contributed by atoms with Gasteiger partial charge < -0.3 is 5.32 Å². The number of amides is 1. The third-order valence-electron chi connectivity index (χ3n) is 2.47. The smallest absolute Gasteiger partial charge is 0.237 e. The summed E-state index contributed by atoms with van der Waals surface area (Å²) in [6, 6.07) is 8.88. The Morgan fingerprint density at radius 1 is 1.43 bits per heavy atom. The summed E-state index contributed by atoms with van der Waals surface area (Å²) in [6.07, 6.45) is 1.94. The molecule has 0 radical (unpaired) electrons. The summed E-state index contributed by atoms with van der Waals surface area (Å²) in [7, 11) is 0. The molecule has 0 bridgehead atoms. The second-order valence-corrected chi connectivity index (χ2v) is 7.60. The van der Waals surface area contributed by atoms with Crippen molar-refractivity contribution in [1.82, 2.24) is 10.2 Å². The zero-order chi connectivity index (χ0) is 15.2. The molecule has 8 heteroatoms. The van der Waals surface area contributed by atoms with Crippen molar-refractivity contribution in [2.24, 2.45) is 0 Å². The maximum absolute atomic E-state index is 12.1. The monoisotopic (exact) mass is 336 g/mol. The highest BCUT2D eigenvalue weighted by Gasteiger charge is 2.17. The molecule has 108 valence electrons. The molecule has 21 heavy (non-hydrogen) atoms. The van der Waals surface area contributed by atoms with Gasteiger partial charge in [-0.05, 0) is 31.4 Å². The standard InChI is InChI=1S/C13H12N4OS3/c1-8(20-13-17-16-12(19-2)21-13)11(18)15-10-5-3-4-9(6-10)7-14/h3-6,8H,1-2H3,(H,15,18)/t8-/m1/s1. The summed E-state index contributed by atoms with van der Waals surface area (Å²) < 4.78 is 1.65. The van der Waals surface area contributed by atoms with E-state index in [0.717, 1.165) is 8.68 Å². The number of carbonyl (C=O) groups excluding carboxylic acids is 1. The van der Waals surface area contributed by atoms with E-state index >= 15 is 0 Å². The molecule has 1 aromatic heterocycles. The van der Waals surface area contributed by atoms with Crippen LogP contribution in [0.2, 0.25) is 0 Å². The van der Waals surface area contributed by atoms with Gasteiger partial charge in [-0.25, -0.2) is 0 Å². The Morgan fingerprint density at radius 2 is 2.19 bits per heavy atom. The Balaban J connectivity index is 1.97. The van der Waals surface area contributed by atoms with Crippen LogP contribution in [0.25, 0.3) is 0 Å². The van der Waals surface area contributed by atoms with Gasteiger partial charge in [-0.1, -0.05) is 40.9 Å². The first-order valence-corrected chi connectivity index (χ1v) is 8.89. The Hall–Kier alpha value is -1.56. The lowest BCUT2D eigenvalue weighted by Crippen LogP contribution is -2.22. The lowest BCUT2D eigenvalue weighted by molar-refractivity contribution is -0.115. The van der Waals surface area contributed by atoms with Crippen LogP contribution in [0, 0.1) is 11.3 Å². The van der Waals surface area contributed by atoms with Gasteiger partial charge in [-0.2, -0.15) is 5.26 Å². The number of hydrogen-bond acceptors (Lipinski definition) is 7. The Labute approximate surface area is 135 Å². The van der Waals surface area contributed by atoms with Crippen LogP contribution in [0.1, 0.15) is 12.5 Å². The average Bonchev–Trinajstić information content (AvgIpc) is 2.95. The minimum absolute atomic E-state index is 0.129. The summed E-state index contributed by atoms with van der Waals surface area (Å²) in [5.74, 6) is -0.129. The lowest BCUT2D eigenvalue weighted by Gasteiger charge is -2.10. The van der Waals surface area contributed by atoms with E-state index in [9.17, 15) is 4.79 Å². The molecule has 0 saturated carbocycles. The Morgan fingerprint density at radius 3 is 2.86 bits per heavy atom. The summed E-state index contributed by atoms with van der Waals surface area (Å²) in [6.45, 7) is 1.81. The molecule has 0 fully saturated rings. The number of nitrogens with one attached hydrogen (secondary N) is 1. The second kappa shape index (κ2) is 7.45. The number of carbonyl (C=O) groups is 1. The van der Waals surface area contributed by atoms with Gasteiger partial charge in [0.15, 0.2) is 8.68 Å². The third kappa shape index (κ3) is 4.46. The van der Waals surface area contributed by atoms with Gasteiger partial charge in [0.05, 0.1) is 16.9 Å². The van der Waals surface area contributed by atoms with E-state index in [1.54, 1.807) is 24.3 Å². The molecule has 1 heterocycles. The van der Waals surface area contributed by atoms with Crippen LogP contribution in [-0.2, 0) is 4.79 Å². The molecular formula is C13H12N4OS3. The van der Waals surface area contributed by atoms with Crippen molar-refractivity contribution in [3.8, 4) is 6.07 Å². The van der Waals surface area contributed by atoms with Crippen LogP contribution in [-0.4, -0.2) is 27.6 Å². The van der Waals surface area contributed by atoms with Crippen LogP contribution in [0.4, 0.5) is 5.69 Å². The van der Waals surface area contributed by atoms with E-state index in [1.165, 1.54) is 34.9 Å². The van der Waals surface area contributed by atoms with Crippen molar-refractivity contribution >= 4 is 46.5 Å². The topological polar surface area (TPSA) is 78.7 Å². The molecule has 2 rings (SSSR count). The fourth-order valence-corrected chi connectivity index (χ4v) is 4.02. The number of anilines is 1. The number of aromatic nitrogens is 2. The summed E-state index contributed by atoms with van der Waals surface area (Å²) >= 11 is 4.38. The number of benzene rings is 1. The van der Waals surface area contributed by atoms with Crippen molar-refractivity contribution < 1.29 is 4.79 Å². The number of rotatable bonds is 5. The minimum atomic E-state index is -0.293. The summed E-state index contributed by atoms with van der Waals surface area (Å²) in [5.41, 5.74) is 1.13. The fourth-order valence-electron chi connectivity index (χ4n) is 1.44. The predicted molar refractivity (Wildman–Crippen MR) is 86.8 cm³/mol. The quantitative estimate of drug-likeness (QED) is 0.844. The van der Waals surface area contributed by atoms with E-state index in [0.29, 0.717) is 11.3 Å². The average molecular weight is 336 g/mol. The maximum atomic E-state index is 12.1. The SMILES string of the molecule is CSc1nnc(S[C@H](C)C(=O)Nc2cccc(C#N)c2)s1. The van der Waals surface area contributed by atoms with Crippen LogP contribution in [0.3, 0.4) is 0 Å². The third-order valence-corrected chi connectivity index (χ3v) is 5.55. The normalized spacial score (nSPS) is 11.7. The molecule has 1 amide bonds. The fraction of sp³-hybridized carbons (Fsp3) is 0.231. The van der Waals surface area contributed by atoms with Crippen molar-refractivity contribution in [2.75, 3.05) is 11.6 Å². The molecule has 0 aliphatic heterocycles. The van der Waals surface area contributed by atoms with Crippen molar-refractivity contribution in [3.63, 3.8) is 0 Å². The van der Waals surface area contributed by atoms with Gasteiger partial charge in [-0.15, -0.1) is 10.2 Å². The minimum Gasteiger partial charge on any atom is -0.325 e. The van der Waals surface area contributed by atoms with Crippen LogP contribution < -0.4 is 5.32 Å². The number of thioether (sulfide) groups is 2. The summed E-state index contributed by atoms with van der Waals surface area (Å²) in [4.78, 5) is 12.1. The zero-order valence-electron chi connectivity index (χ0n) is 11.4. The van der Waals surface area contributed by atoms with E-state index in [4.69, 9.17) is 5.26 Å². The number of nitrogens with zero attached hydrogens (tertiary/aromatic N) is 3. The molecule has 5 nitrogen and oxygen atoms in total. The van der Waals surface area contributed by atoms with Crippen molar-refractivity contribution in [3.05, 3.63) is 29.8 Å². The first kappa shape index (κ1) is 15.8. The van der Waals surface area contributed by atoms with Gasteiger partial charge in [-0.3, -0.25) is 4.79 Å². The Bertz CT molecular complexity index is 680.